The number of aromatic hydroxyl groups is 1. The van der Waals surface area contributed by atoms with Gasteiger partial charge in [0.2, 0.25) is 0 Å². The van der Waals surface area contributed by atoms with Crippen LogP contribution in [-0.4, -0.2) is 27.8 Å². The van der Waals surface area contributed by atoms with Crippen LogP contribution in [0.3, 0.4) is 0 Å². The van der Waals surface area contributed by atoms with E-state index in [9.17, 15) is 15.0 Å². The van der Waals surface area contributed by atoms with Crippen LogP contribution >= 0.6 is 0 Å². The van der Waals surface area contributed by atoms with E-state index >= 15 is 0 Å². The summed E-state index contributed by atoms with van der Waals surface area (Å²) in [6.45, 7) is -0.366. The molecule has 14 heavy (non-hydrogen) atoms. The van der Waals surface area contributed by atoms with E-state index in [1.54, 1.807) is 12.1 Å². The Kier molecular flexibility index (Phi) is 3.44. The smallest absolute Gasteiger partial charge is 0.317 e. The topological polar surface area (TPSA) is 89.8 Å². The molecule has 5 nitrogen and oxygen atoms in total. The molecular weight excluding hydrogens is 186 g/mol. The third-order valence-electron chi connectivity index (χ3n) is 1.68. The van der Waals surface area contributed by atoms with E-state index in [0.29, 0.717) is 0 Å². The van der Waals surface area contributed by atoms with E-state index in [4.69, 9.17) is 5.11 Å². The molecule has 76 valence electrons. The van der Waals surface area contributed by atoms with Crippen molar-refractivity contribution in [1.82, 2.24) is 5.32 Å². The minimum atomic E-state index is -1.17. The van der Waals surface area contributed by atoms with Gasteiger partial charge in [-0.25, -0.2) is 0 Å². The molecule has 1 atom stereocenters. The number of carbonyl (C=O) groups is 1. The zero-order chi connectivity index (χ0) is 10.6. The van der Waals surface area contributed by atoms with Crippen LogP contribution in [0.5, 0.6) is 5.75 Å². The van der Waals surface area contributed by atoms with E-state index < -0.39 is 12.2 Å². The Labute approximate surface area is 80.6 Å². The van der Waals surface area contributed by atoms with Crippen molar-refractivity contribution in [2.45, 2.75) is 6.23 Å². The predicted octanol–water partition coefficient (Wildman–Crippen LogP) is 0.0573. The van der Waals surface area contributed by atoms with Gasteiger partial charge in [0.1, 0.15) is 12.0 Å². The molecule has 0 aliphatic carbocycles. The van der Waals surface area contributed by atoms with Crippen LogP contribution in [0.4, 0.5) is 0 Å². The molecule has 5 heteroatoms. The molecule has 0 spiro atoms. The maximum absolute atomic E-state index is 10.2. The summed E-state index contributed by atoms with van der Waals surface area (Å²) in [6, 6.07) is 6.18. The fraction of sp³-hybridized carbons (Fsp3) is 0.222. The third-order valence-corrected chi connectivity index (χ3v) is 1.68. The number of phenols is 1. The Hall–Kier alpha value is -1.59. The molecule has 0 aliphatic rings. The van der Waals surface area contributed by atoms with Gasteiger partial charge in [0.05, 0.1) is 6.54 Å². The van der Waals surface area contributed by atoms with Crippen molar-refractivity contribution < 1.29 is 20.1 Å². The Morgan fingerprint density at radius 3 is 2.64 bits per heavy atom. The number of rotatable bonds is 4. The van der Waals surface area contributed by atoms with Crippen molar-refractivity contribution in [3.05, 3.63) is 29.8 Å². The lowest BCUT2D eigenvalue weighted by molar-refractivity contribution is -0.136. The predicted molar refractivity (Wildman–Crippen MR) is 48.7 cm³/mol. The second kappa shape index (κ2) is 4.59. The lowest BCUT2D eigenvalue weighted by Gasteiger charge is -2.12. The van der Waals surface area contributed by atoms with E-state index in [0.717, 1.165) is 0 Å². The lowest BCUT2D eigenvalue weighted by atomic mass is 10.2. The van der Waals surface area contributed by atoms with E-state index in [2.05, 4.69) is 5.32 Å². The van der Waals surface area contributed by atoms with Crippen molar-refractivity contribution in [1.29, 1.82) is 0 Å². The highest BCUT2D eigenvalue weighted by molar-refractivity contribution is 5.69. The summed E-state index contributed by atoms with van der Waals surface area (Å²) in [5.41, 5.74) is 0.258. The summed E-state index contributed by atoms with van der Waals surface area (Å²) >= 11 is 0. The standard InChI is InChI=1S/C9H11NO4/c11-7-4-2-1-3-6(7)9(14)10-5-8(12)13/h1-4,9-11,14H,5H2,(H,12,13). The number of aliphatic carboxylic acids is 1. The van der Waals surface area contributed by atoms with Crippen LogP contribution in [0.1, 0.15) is 11.8 Å². The number of hydrogen-bond acceptors (Lipinski definition) is 4. The molecule has 0 radical (unpaired) electrons. The van der Waals surface area contributed by atoms with Crippen LogP contribution in [0.25, 0.3) is 0 Å². The zero-order valence-electron chi connectivity index (χ0n) is 7.34. The number of phenolic OH excluding ortho intramolecular Hbond substituents is 1. The number of para-hydroxylation sites is 1. The van der Waals surface area contributed by atoms with Crippen molar-refractivity contribution in [3.63, 3.8) is 0 Å². The molecular formula is C9H11NO4. The quantitative estimate of drug-likeness (QED) is 0.512. The number of aliphatic hydroxyl groups excluding tert-OH is 1. The van der Waals surface area contributed by atoms with Crippen LogP contribution in [0.15, 0.2) is 24.3 Å². The summed E-state index contributed by atoms with van der Waals surface area (Å²) in [7, 11) is 0. The van der Waals surface area contributed by atoms with Crippen molar-refractivity contribution in [3.8, 4) is 5.75 Å². The van der Waals surface area contributed by atoms with Gasteiger partial charge in [-0.15, -0.1) is 0 Å². The zero-order valence-corrected chi connectivity index (χ0v) is 7.34. The highest BCUT2D eigenvalue weighted by atomic mass is 16.4. The fourth-order valence-corrected chi connectivity index (χ4v) is 1.01. The molecule has 1 aromatic rings. The minimum absolute atomic E-state index is 0.0714. The van der Waals surface area contributed by atoms with Gasteiger partial charge < -0.3 is 15.3 Å². The van der Waals surface area contributed by atoms with Gasteiger partial charge in [-0.2, -0.15) is 0 Å². The van der Waals surface area contributed by atoms with Gasteiger partial charge in [0.25, 0.3) is 0 Å². The van der Waals surface area contributed by atoms with Gasteiger partial charge >= 0.3 is 5.97 Å². The van der Waals surface area contributed by atoms with Crippen molar-refractivity contribution in [2.75, 3.05) is 6.54 Å². The molecule has 0 heterocycles. The molecule has 1 aromatic carbocycles. The third kappa shape index (κ3) is 2.72. The van der Waals surface area contributed by atoms with Gasteiger partial charge in [0, 0.05) is 5.56 Å². The highest BCUT2D eigenvalue weighted by Gasteiger charge is 2.11. The second-order valence-corrected chi connectivity index (χ2v) is 2.74. The fourth-order valence-electron chi connectivity index (χ4n) is 1.01. The number of hydrogen-bond donors (Lipinski definition) is 4. The molecule has 1 rings (SSSR count). The Bertz CT molecular complexity index is 326. The molecule has 0 amide bonds. The monoisotopic (exact) mass is 197 g/mol. The number of nitrogens with one attached hydrogen (secondary N) is 1. The molecule has 0 saturated carbocycles. The van der Waals surface area contributed by atoms with Crippen molar-refractivity contribution >= 4 is 5.97 Å². The van der Waals surface area contributed by atoms with Gasteiger partial charge in [-0.05, 0) is 6.07 Å². The largest absolute Gasteiger partial charge is 0.508 e. The first-order chi connectivity index (χ1) is 6.61. The molecule has 0 fully saturated rings. The lowest BCUT2D eigenvalue weighted by Crippen LogP contribution is -2.27. The van der Waals surface area contributed by atoms with Gasteiger partial charge in [-0.1, -0.05) is 18.2 Å². The van der Waals surface area contributed by atoms with Crippen LogP contribution in [0.2, 0.25) is 0 Å². The van der Waals surface area contributed by atoms with Gasteiger partial charge in [0.15, 0.2) is 0 Å². The first-order valence-electron chi connectivity index (χ1n) is 4.02. The molecule has 1 unspecified atom stereocenters. The number of carboxylic acid groups (broad SMARTS) is 1. The van der Waals surface area contributed by atoms with Crippen LogP contribution in [0, 0.1) is 0 Å². The normalized spacial score (nSPS) is 12.4. The minimum Gasteiger partial charge on any atom is -0.508 e. The van der Waals surface area contributed by atoms with E-state index in [1.807, 2.05) is 0 Å². The molecule has 0 saturated heterocycles. The van der Waals surface area contributed by atoms with Crippen molar-refractivity contribution in [2.24, 2.45) is 0 Å². The summed E-state index contributed by atoms with van der Waals surface area (Å²) in [5, 5.41) is 29.4. The van der Waals surface area contributed by atoms with Crippen LogP contribution < -0.4 is 5.32 Å². The maximum atomic E-state index is 10.2. The molecule has 0 aliphatic heterocycles. The molecule has 4 N–H and O–H groups in total. The maximum Gasteiger partial charge on any atom is 0.317 e. The average molecular weight is 197 g/mol. The highest BCUT2D eigenvalue weighted by Crippen LogP contribution is 2.21. The summed E-state index contributed by atoms with van der Waals surface area (Å²) in [4.78, 5) is 10.2. The SMILES string of the molecule is O=C(O)CNC(O)c1ccccc1O. The number of carboxylic acids is 1. The number of benzene rings is 1. The Morgan fingerprint density at radius 2 is 2.07 bits per heavy atom. The summed E-state index contributed by atoms with van der Waals surface area (Å²) in [5.74, 6) is -1.14. The number of aliphatic hydroxyl groups is 1. The van der Waals surface area contributed by atoms with E-state index in [-0.39, 0.29) is 17.9 Å². The van der Waals surface area contributed by atoms with Gasteiger partial charge in [-0.3, -0.25) is 10.1 Å². The first-order valence-corrected chi connectivity index (χ1v) is 4.02. The Morgan fingerprint density at radius 1 is 1.43 bits per heavy atom. The van der Waals surface area contributed by atoms with E-state index in [1.165, 1.54) is 12.1 Å². The molecule has 0 bridgehead atoms. The average Bonchev–Trinajstić information content (AvgIpc) is 2.15. The second-order valence-electron chi connectivity index (χ2n) is 2.74. The Balaban J connectivity index is 2.65. The summed E-state index contributed by atoms with van der Waals surface area (Å²) in [6.07, 6.45) is -1.17. The summed E-state index contributed by atoms with van der Waals surface area (Å²) < 4.78 is 0. The molecule has 0 aromatic heterocycles. The first kappa shape index (κ1) is 10.5. The van der Waals surface area contributed by atoms with Crippen LogP contribution in [-0.2, 0) is 4.79 Å².